The highest BCUT2D eigenvalue weighted by Gasteiger charge is 2.10. The molecular weight excluding hydrogens is 178 g/mol. The van der Waals surface area contributed by atoms with E-state index in [1.165, 1.54) is 0 Å². The summed E-state index contributed by atoms with van der Waals surface area (Å²) in [5.74, 6) is 0.262. The Bertz CT molecular complexity index is 292. The van der Waals surface area contributed by atoms with Crippen molar-refractivity contribution in [2.75, 3.05) is 6.61 Å². The number of ether oxygens (including phenoxy) is 1. The number of hydrogen-bond donors (Lipinski definition) is 2. The van der Waals surface area contributed by atoms with Crippen molar-refractivity contribution in [2.45, 2.75) is 26.0 Å². The highest BCUT2D eigenvalue weighted by atomic mass is 16.5. The van der Waals surface area contributed by atoms with Crippen LogP contribution in [0.5, 0.6) is 5.75 Å². The Labute approximate surface area is 84.5 Å². The summed E-state index contributed by atoms with van der Waals surface area (Å²) in [6, 6.07) is 7.02. The van der Waals surface area contributed by atoms with Gasteiger partial charge in [0.25, 0.3) is 0 Å². The molecule has 0 fully saturated rings. The Kier molecular flexibility index (Phi) is 3.49. The first-order valence-electron chi connectivity index (χ1n) is 4.62. The molecule has 0 aromatic heterocycles. The van der Waals surface area contributed by atoms with Gasteiger partial charge in [-0.3, -0.25) is 0 Å². The second-order valence-electron chi connectivity index (χ2n) is 4.15. The molecule has 0 radical (unpaired) electrons. The summed E-state index contributed by atoms with van der Waals surface area (Å²) in [6.07, 6.45) is 0. The molecule has 1 rings (SSSR count). The van der Waals surface area contributed by atoms with E-state index in [1.807, 2.05) is 19.9 Å². The van der Waals surface area contributed by atoms with Gasteiger partial charge in [-0.1, -0.05) is 12.1 Å². The van der Waals surface area contributed by atoms with Crippen LogP contribution in [0.3, 0.4) is 0 Å². The molecule has 1 aromatic carbocycles. The topological polar surface area (TPSA) is 55.5 Å². The Morgan fingerprint density at radius 2 is 2.14 bits per heavy atom. The van der Waals surface area contributed by atoms with Gasteiger partial charge in [0.15, 0.2) is 0 Å². The van der Waals surface area contributed by atoms with E-state index < -0.39 is 0 Å². The Morgan fingerprint density at radius 1 is 1.43 bits per heavy atom. The lowest BCUT2D eigenvalue weighted by Crippen LogP contribution is -2.37. The first kappa shape index (κ1) is 11.0. The summed E-state index contributed by atoms with van der Waals surface area (Å²) >= 11 is 0. The van der Waals surface area contributed by atoms with Crippen molar-refractivity contribution in [1.29, 1.82) is 0 Å². The largest absolute Gasteiger partial charge is 0.508 e. The summed E-state index contributed by atoms with van der Waals surface area (Å²) in [5.41, 5.74) is 6.40. The maximum absolute atomic E-state index is 9.19. The molecule has 0 aliphatic heterocycles. The van der Waals surface area contributed by atoms with E-state index >= 15 is 0 Å². The van der Waals surface area contributed by atoms with Crippen LogP contribution in [0.2, 0.25) is 0 Å². The molecule has 0 amide bonds. The van der Waals surface area contributed by atoms with Crippen LogP contribution in [0.1, 0.15) is 19.4 Å². The van der Waals surface area contributed by atoms with Crippen LogP contribution >= 0.6 is 0 Å². The van der Waals surface area contributed by atoms with Crippen molar-refractivity contribution < 1.29 is 9.84 Å². The molecule has 0 spiro atoms. The minimum atomic E-state index is -0.309. The van der Waals surface area contributed by atoms with Crippen LogP contribution < -0.4 is 5.73 Å². The molecule has 3 nitrogen and oxygen atoms in total. The Hall–Kier alpha value is -1.06. The minimum Gasteiger partial charge on any atom is -0.508 e. The van der Waals surface area contributed by atoms with E-state index in [1.54, 1.807) is 18.2 Å². The molecule has 0 aliphatic carbocycles. The Morgan fingerprint density at radius 3 is 2.71 bits per heavy atom. The second-order valence-corrected chi connectivity index (χ2v) is 4.15. The summed E-state index contributed by atoms with van der Waals surface area (Å²) in [7, 11) is 0. The predicted octanol–water partition coefficient (Wildman–Crippen LogP) is 1.65. The molecule has 3 N–H and O–H groups in total. The van der Waals surface area contributed by atoms with Gasteiger partial charge < -0.3 is 15.6 Å². The number of rotatable bonds is 4. The van der Waals surface area contributed by atoms with Gasteiger partial charge in [0, 0.05) is 5.54 Å². The van der Waals surface area contributed by atoms with E-state index in [2.05, 4.69) is 0 Å². The van der Waals surface area contributed by atoms with Crippen LogP contribution in [-0.4, -0.2) is 17.3 Å². The van der Waals surface area contributed by atoms with Gasteiger partial charge in [-0.25, -0.2) is 0 Å². The van der Waals surface area contributed by atoms with Crippen molar-refractivity contribution in [2.24, 2.45) is 5.73 Å². The maximum atomic E-state index is 9.19. The van der Waals surface area contributed by atoms with Crippen molar-refractivity contribution in [1.82, 2.24) is 0 Å². The number of aromatic hydroxyl groups is 1. The molecule has 0 saturated heterocycles. The molecule has 0 atom stereocenters. The first-order valence-corrected chi connectivity index (χ1v) is 4.62. The lowest BCUT2D eigenvalue weighted by Gasteiger charge is -2.18. The fourth-order valence-electron chi connectivity index (χ4n) is 1.08. The highest BCUT2D eigenvalue weighted by Crippen LogP contribution is 2.12. The SMILES string of the molecule is CC(C)(N)COCc1cccc(O)c1. The lowest BCUT2D eigenvalue weighted by molar-refractivity contribution is 0.0850. The highest BCUT2D eigenvalue weighted by molar-refractivity contribution is 5.26. The lowest BCUT2D eigenvalue weighted by atomic mass is 10.1. The average Bonchev–Trinajstić information content (AvgIpc) is 2.01. The Balaban J connectivity index is 2.39. The van der Waals surface area contributed by atoms with Crippen molar-refractivity contribution >= 4 is 0 Å². The van der Waals surface area contributed by atoms with Gasteiger partial charge in [-0.2, -0.15) is 0 Å². The monoisotopic (exact) mass is 195 g/mol. The van der Waals surface area contributed by atoms with Crippen molar-refractivity contribution in [3.05, 3.63) is 29.8 Å². The minimum absolute atomic E-state index is 0.262. The van der Waals surface area contributed by atoms with Crippen LogP contribution in [0, 0.1) is 0 Å². The molecule has 0 unspecified atom stereocenters. The zero-order valence-electron chi connectivity index (χ0n) is 8.66. The number of nitrogens with two attached hydrogens (primary N) is 1. The van der Waals surface area contributed by atoms with Gasteiger partial charge in [0.05, 0.1) is 13.2 Å². The maximum Gasteiger partial charge on any atom is 0.115 e. The third-order valence-electron chi connectivity index (χ3n) is 1.65. The quantitative estimate of drug-likeness (QED) is 0.768. The first-order chi connectivity index (χ1) is 6.47. The molecule has 78 valence electrons. The molecule has 0 heterocycles. The van der Waals surface area contributed by atoms with Crippen LogP contribution in [0.4, 0.5) is 0 Å². The number of benzene rings is 1. The van der Waals surface area contributed by atoms with Crippen LogP contribution in [0.25, 0.3) is 0 Å². The zero-order valence-corrected chi connectivity index (χ0v) is 8.66. The number of phenols is 1. The van der Waals surface area contributed by atoms with Gasteiger partial charge >= 0.3 is 0 Å². The summed E-state index contributed by atoms with van der Waals surface area (Å²) in [6.45, 7) is 4.81. The van der Waals surface area contributed by atoms with Gasteiger partial charge in [0.1, 0.15) is 5.75 Å². The van der Waals surface area contributed by atoms with Gasteiger partial charge in [0.2, 0.25) is 0 Å². The van der Waals surface area contributed by atoms with Crippen LogP contribution in [-0.2, 0) is 11.3 Å². The number of hydrogen-bond acceptors (Lipinski definition) is 3. The summed E-state index contributed by atoms with van der Waals surface area (Å²) < 4.78 is 5.40. The number of phenolic OH excluding ortho intramolecular Hbond substituents is 1. The van der Waals surface area contributed by atoms with Gasteiger partial charge in [-0.05, 0) is 31.5 Å². The van der Waals surface area contributed by atoms with Crippen molar-refractivity contribution in [3.8, 4) is 5.75 Å². The van der Waals surface area contributed by atoms with Gasteiger partial charge in [-0.15, -0.1) is 0 Å². The molecule has 14 heavy (non-hydrogen) atoms. The third kappa shape index (κ3) is 4.25. The van der Waals surface area contributed by atoms with E-state index in [-0.39, 0.29) is 11.3 Å². The fourth-order valence-corrected chi connectivity index (χ4v) is 1.08. The van der Waals surface area contributed by atoms with E-state index in [0.29, 0.717) is 13.2 Å². The molecule has 3 heteroatoms. The molecule has 0 aliphatic rings. The van der Waals surface area contributed by atoms with E-state index in [0.717, 1.165) is 5.56 Å². The molecule has 0 bridgehead atoms. The normalized spacial score (nSPS) is 11.6. The van der Waals surface area contributed by atoms with Crippen molar-refractivity contribution in [3.63, 3.8) is 0 Å². The predicted molar refractivity (Wildman–Crippen MR) is 56.0 cm³/mol. The van der Waals surface area contributed by atoms with E-state index in [9.17, 15) is 5.11 Å². The van der Waals surface area contributed by atoms with Crippen LogP contribution in [0.15, 0.2) is 24.3 Å². The third-order valence-corrected chi connectivity index (χ3v) is 1.65. The molecule has 1 aromatic rings. The van der Waals surface area contributed by atoms with E-state index in [4.69, 9.17) is 10.5 Å². The average molecular weight is 195 g/mol. The fraction of sp³-hybridized carbons (Fsp3) is 0.455. The summed E-state index contributed by atoms with van der Waals surface area (Å²) in [4.78, 5) is 0. The smallest absolute Gasteiger partial charge is 0.115 e. The zero-order chi connectivity index (χ0) is 10.6. The molecular formula is C11H17NO2. The standard InChI is InChI=1S/C11H17NO2/c1-11(2,12)8-14-7-9-4-3-5-10(13)6-9/h3-6,13H,7-8,12H2,1-2H3. The molecule has 0 saturated carbocycles. The summed E-state index contributed by atoms with van der Waals surface area (Å²) in [5, 5.41) is 9.19. The second kappa shape index (κ2) is 4.44.